The van der Waals surface area contributed by atoms with Crippen LogP contribution in [0, 0.1) is 18.9 Å². The fraction of sp³-hybridized carbons (Fsp3) is 0.0968. The summed E-state index contributed by atoms with van der Waals surface area (Å²) in [4.78, 5) is 29.6. The standard InChI is InChI=1S/C31H24NO2.Cu.H2O2/c1-22-17-18-28-26(19-22)27(20-23-11-5-2-6-12-23)29(30(33)25-15-9-4-10-16-25)31(34)32(28)21-24-13-7-3-8-14-24;;1-2/h2-19,29H,21H2,1H3;;1-2H/q-1;+2;/p-1. The van der Waals surface area contributed by atoms with Crippen molar-refractivity contribution >= 4 is 23.0 Å². The van der Waals surface area contributed by atoms with Crippen molar-refractivity contribution in [3.63, 3.8) is 0 Å². The Morgan fingerprint density at radius 1 is 0.865 bits per heavy atom. The van der Waals surface area contributed by atoms with Crippen molar-refractivity contribution in [2.24, 2.45) is 5.92 Å². The number of hydrogen-bond acceptors (Lipinski definition) is 4. The molecule has 0 spiro atoms. The van der Waals surface area contributed by atoms with Crippen molar-refractivity contribution in [2.75, 3.05) is 4.90 Å². The minimum absolute atomic E-state index is 0. The van der Waals surface area contributed by atoms with Gasteiger partial charge in [-0.15, -0.1) is 41.5 Å². The number of carbonyl (C=O) groups is 2. The molecule has 189 valence electrons. The molecule has 1 N–H and O–H groups in total. The third-order valence-corrected chi connectivity index (χ3v) is 6.09. The number of amides is 1. The number of rotatable bonds is 5. The Balaban J connectivity index is 0.00000124. The van der Waals surface area contributed by atoms with Gasteiger partial charge in [-0.25, -0.2) is 0 Å². The number of benzene rings is 4. The van der Waals surface area contributed by atoms with Gasteiger partial charge in [-0.05, 0) is 18.6 Å². The summed E-state index contributed by atoms with van der Waals surface area (Å²) in [7, 11) is 0. The summed E-state index contributed by atoms with van der Waals surface area (Å²) >= 11 is 0. The summed E-state index contributed by atoms with van der Waals surface area (Å²) < 4.78 is 0. The van der Waals surface area contributed by atoms with E-state index in [1.165, 1.54) is 0 Å². The first-order chi connectivity index (χ1) is 17.6. The molecule has 5 nitrogen and oxygen atoms in total. The Hall–Kier alpha value is -3.80. The Kier molecular flexibility index (Phi) is 9.72. The molecule has 4 aromatic rings. The third kappa shape index (κ3) is 6.13. The molecule has 1 amide bonds. The van der Waals surface area contributed by atoms with Gasteiger partial charge < -0.3 is 15.4 Å². The molecule has 4 aromatic carbocycles. The molecule has 1 radical (unpaired) electrons. The predicted octanol–water partition coefficient (Wildman–Crippen LogP) is 5.09. The molecule has 0 saturated heterocycles. The SMILES string of the molecule is Cc1ccc2c(c1)C(=[C-]c1ccccc1)C(C(=O)c1ccccc1)C(=O)N2Cc1ccccc1.[Cu+2].[O-]O. The third-order valence-electron chi connectivity index (χ3n) is 6.09. The quantitative estimate of drug-likeness (QED) is 0.0958. The van der Waals surface area contributed by atoms with E-state index < -0.39 is 5.92 Å². The predicted molar refractivity (Wildman–Crippen MR) is 138 cm³/mol. The fourth-order valence-electron chi connectivity index (χ4n) is 4.41. The number of nitrogens with zero attached hydrogens (tertiary/aromatic N) is 1. The molecule has 1 heterocycles. The molecule has 0 saturated carbocycles. The summed E-state index contributed by atoms with van der Waals surface area (Å²) in [6.45, 7) is 2.42. The summed E-state index contributed by atoms with van der Waals surface area (Å²) in [6, 6.07) is 34.6. The van der Waals surface area contributed by atoms with Gasteiger partial charge in [0, 0.05) is 11.3 Å². The molecule has 1 aliphatic heterocycles. The van der Waals surface area contributed by atoms with Crippen molar-refractivity contribution in [1.29, 1.82) is 0 Å². The Labute approximate surface area is 227 Å². The number of hydrogen-bond donors (Lipinski definition) is 1. The number of carbonyl (C=O) groups excluding carboxylic acids is 2. The molecular formula is C31H25CuNO4. The van der Waals surface area contributed by atoms with Crippen LogP contribution in [0.2, 0.25) is 0 Å². The summed E-state index contributed by atoms with van der Waals surface area (Å²) in [5.41, 5.74) is 5.71. The molecule has 5 rings (SSSR count). The maximum atomic E-state index is 14.0. The fourth-order valence-corrected chi connectivity index (χ4v) is 4.41. The van der Waals surface area contributed by atoms with Crippen molar-refractivity contribution < 1.29 is 37.2 Å². The van der Waals surface area contributed by atoms with Crippen LogP contribution in [0.5, 0.6) is 0 Å². The van der Waals surface area contributed by atoms with Crippen LogP contribution in [-0.4, -0.2) is 16.9 Å². The van der Waals surface area contributed by atoms with Crippen molar-refractivity contribution in [3.05, 3.63) is 143 Å². The van der Waals surface area contributed by atoms with Gasteiger partial charge in [0.15, 0.2) is 5.78 Å². The van der Waals surface area contributed by atoms with E-state index >= 15 is 0 Å². The van der Waals surface area contributed by atoms with Gasteiger partial charge in [-0.1, -0.05) is 90.0 Å². The minimum Gasteiger partial charge on any atom is -0.727 e. The van der Waals surface area contributed by atoms with Crippen LogP contribution in [0.15, 0.2) is 109 Å². The first kappa shape index (κ1) is 27.8. The van der Waals surface area contributed by atoms with Crippen LogP contribution in [0.4, 0.5) is 5.69 Å². The van der Waals surface area contributed by atoms with Gasteiger partial charge in [0.25, 0.3) is 0 Å². The van der Waals surface area contributed by atoms with Gasteiger partial charge in [-0.3, -0.25) is 9.59 Å². The van der Waals surface area contributed by atoms with Crippen molar-refractivity contribution in [3.8, 4) is 0 Å². The first-order valence-corrected chi connectivity index (χ1v) is 11.5. The topological polar surface area (TPSA) is 80.7 Å². The van der Waals surface area contributed by atoms with Crippen LogP contribution in [0.1, 0.15) is 32.6 Å². The molecule has 0 aromatic heterocycles. The van der Waals surface area contributed by atoms with Crippen LogP contribution >= 0.6 is 0 Å². The molecule has 1 atom stereocenters. The van der Waals surface area contributed by atoms with Crippen LogP contribution in [0.3, 0.4) is 0 Å². The van der Waals surface area contributed by atoms with Gasteiger partial charge in [0.05, 0.1) is 6.54 Å². The van der Waals surface area contributed by atoms with E-state index in [0.29, 0.717) is 17.7 Å². The smallest absolute Gasteiger partial charge is 0.727 e. The number of anilines is 1. The first-order valence-electron chi connectivity index (χ1n) is 11.5. The molecule has 0 aliphatic carbocycles. The number of fused-ring (bicyclic) bond motifs is 1. The van der Waals surface area contributed by atoms with E-state index in [1.54, 1.807) is 17.0 Å². The van der Waals surface area contributed by atoms with Gasteiger partial charge in [-0.2, -0.15) is 0 Å². The van der Waals surface area contributed by atoms with Crippen molar-refractivity contribution in [2.45, 2.75) is 13.5 Å². The Morgan fingerprint density at radius 3 is 2.05 bits per heavy atom. The molecule has 1 unspecified atom stereocenters. The van der Waals surface area contributed by atoms with E-state index in [2.05, 4.69) is 12.1 Å². The second-order valence-electron chi connectivity index (χ2n) is 8.50. The van der Waals surface area contributed by atoms with Crippen LogP contribution in [0.25, 0.3) is 5.57 Å². The molecule has 0 bridgehead atoms. The molecule has 37 heavy (non-hydrogen) atoms. The van der Waals surface area contributed by atoms with Gasteiger partial charge >= 0.3 is 17.1 Å². The molecular weight excluding hydrogens is 514 g/mol. The van der Waals surface area contributed by atoms with Crippen LogP contribution < -0.4 is 10.2 Å². The zero-order chi connectivity index (χ0) is 25.5. The zero-order valence-electron chi connectivity index (χ0n) is 20.1. The average molecular weight is 539 g/mol. The average Bonchev–Trinajstić information content (AvgIpc) is 2.93. The molecule has 0 fully saturated rings. The maximum Gasteiger partial charge on any atom is 2.00 e. The van der Waals surface area contributed by atoms with Gasteiger partial charge in [0.2, 0.25) is 5.91 Å². The summed E-state index contributed by atoms with van der Waals surface area (Å²) in [6.07, 6.45) is 3.43. The van der Waals surface area contributed by atoms with E-state index in [4.69, 9.17) is 10.5 Å². The number of ketones is 1. The minimum atomic E-state index is -0.972. The second kappa shape index (κ2) is 12.9. The van der Waals surface area contributed by atoms with E-state index in [9.17, 15) is 9.59 Å². The van der Waals surface area contributed by atoms with Crippen LogP contribution in [-0.2, 0) is 28.4 Å². The van der Waals surface area contributed by atoms with Crippen molar-refractivity contribution in [1.82, 2.24) is 0 Å². The second-order valence-corrected chi connectivity index (χ2v) is 8.50. The Morgan fingerprint density at radius 2 is 1.43 bits per heavy atom. The monoisotopic (exact) mass is 538 g/mol. The molecule has 6 heteroatoms. The maximum absolute atomic E-state index is 14.0. The normalized spacial score (nSPS) is 15.2. The summed E-state index contributed by atoms with van der Waals surface area (Å²) in [5, 5.41) is 13.0. The number of aryl methyl sites for hydroxylation is 1. The zero-order valence-corrected chi connectivity index (χ0v) is 21.0. The largest absolute Gasteiger partial charge is 2.00 e. The van der Waals surface area contributed by atoms with Gasteiger partial charge in [0.1, 0.15) is 5.92 Å². The van der Waals surface area contributed by atoms with E-state index in [1.807, 2.05) is 97.9 Å². The summed E-state index contributed by atoms with van der Waals surface area (Å²) in [5.74, 6) is -1.41. The van der Waals surface area contributed by atoms with E-state index in [0.717, 1.165) is 27.9 Å². The molecule has 1 aliphatic rings. The Bertz CT molecular complexity index is 1370. The number of Topliss-reactive ketones (excluding diaryl/α,β-unsaturated/α-hetero) is 1. The van der Waals surface area contributed by atoms with E-state index in [-0.39, 0.29) is 28.8 Å².